The number of aromatic nitrogens is 2. The fourth-order valence-electron chi connectivity index (χ4n) is 18.4. The summed E-state index contributed by atoms with van der Waals surface area (Å²) in [6, 6.07) is -0.751. The maximum Gasteiger partial charge on any atom is 0.305 e. The molecule has 2 aromatic heterocycles. The number of phenols is 1. The van der Waals surface area contributed by atoms with Gasteiger partial charge in [-0.1, -0.05) is 102 Å². The van der Waals surface area contributed by atoms with Crippen LogP contribution in [0, 0.1) is 11.8 Å². The van der Waals surface area contributed by atoms with Crippen molar-refractivity contribution in [1.29, 1.82) is 0 Å². The normalized spacial score (nSPS) is 24.5. The Kier molecular flexibility index (Phi) is 43.9. The van der Waals surface area contributed by atoms with E-state index in [4.69, 9.17) is 17.2 Å². The first kappa shape index (κ1) is 115. The molecule has 9 rings (SSSR count). The number of likely N-dealkylation sites (N-methyl/N-ethyl adjacent to an activating group) is 3. The molecule has 4 aliphatic rings. The number of carboxylic acid groups (broad SMARTS) is 1. The number of aliphatic hydroxyl groups excluding tert-OH is 1. The summed E-state index contributed by atoms with van der Waals surface area (Å²) in [5.74, 6) is -19.9. The third kappa shape index (κ3) is 33.4. The summed E-state index contributed by atoms with van der Waals surface area (Å²) in [6.45, 7) is 6.80. The van der Waals surface area contributed by atoms with Crippen molar-refractivity contribution < 1.29 is 110 Å². The summed E-state index contributed by atoms with van der Waals surface area (Å²) in [5, 5.41) is 57.7. The molecule has 0 aliphatic carbocycles. The summed E-state index contributed by atoms with van der Waals surface area (Å²) in [4.78, 5) is 280. The van der Waals surface area contributed by atoms with E-state index >= 15 is 43.2 Å². The van der Waals surface area contributed by atoms with Gasteiger partial charge in [-0.15, -0.1) is 11.8 Å². The molecule has 0 unspecified atom stereocenters. The number of benzene rings is 3. The number of thioether (sulfide) groups is 1. The number of rotatable bonds is 32. The molecular weight excluding hydrogens is 1920 g/mol. The first-order valence-corrected chi connectivity index (χ1v) is 52.4. The number of aliphatic imine (C=N–C) groups is 1. The monoisotopic (exact) mass is 2060 g/mol. The number of carboxylic acids is 1. The number of hydrogen-bond acceptors (Lipinski definition) is 26. The lowest BCUT2D eigenvalue weighted by Crippen LogP contribution is -2.60. The fourth-order valence-corrected chi connectivity index (χ4v) is 19.8. The van der Waals surface area contributed by atoms with Crippen LogP contribution in [0.25, 0.3) is 21.8 Å². The highest BCUT2D eigenvalue weighted by Gasteiger charge is 2.47. The second-order valence-electron chi connectivity index (χ2n) is 38.1. The molecule has 0 spiro atoms. The Balaban J connectivity index is 1.14. The van der Waals surface area contributed by atoms with Gasteiger partial charge in [0.05, 0.1) is 37.1 Å². The van der Waals surface area contributed by atoms with E-state index in [2.05, 4.69) is 57.8 Å². The smallest absolute Gasteiger partial charge is 0.305 e. The number of nitrogens with one attached hydrogen (secondary N) is 11. The highest BCUT2D eigenvalue weighted by molar-refractivity contribution is 8.00. The Hall–Kier alpha value is -13.2. The van der Waals surface area contributed by atoms with Crippen LogP contribution in [0.4, 0.5) is 0 Å². The zero-order valence-electron chi connectivity index (χ0n) is 83.6. The Morgan fingerprint density at radius 1 is 0.600 bits per heavy atom. The number of sulfonamides is 1. The van der Waals surface area contributed by atoms with Crippen LogP contribution in [0.15, 0.2) is 102 Å². The van der Waals surface area contributed by atoms with Crippen LogP contribution >= 0.6 is 11.8 Å². The van der Waals surface area contributed by atoms with Crippen molar-refractivity contribution in [2.24, 2.45) is 34.0 Å². The van der Waals surface area contributed by atoms with Crippen molar-refractivity contribution in [3.8, 4) is 5.75 Å². The van der Waals surface area contributed by atoms with Gasteiger partial charge in [0, 0.05) is 125 Å². The highest BCUT2D eigenvalue weighted by atomic mass is 32.2. The number of carbonyl (C=O) groups excluding carboxylic acids is 17. The van der Waals surface area contributed by atoms with Crippen LogP contribution in [0.1, 0.15) is 180 Å². The molecule has 4 aliphatic heterocycles. The summed E-state index contributed by atoms with van der Waals surface area (Å²) >= 11 is 0.772. The van der Waals surface area contributed by atoms with Gasteiger partial charge >= 0.3 is 5.97 Å². The number of aliphatic carboxylic acids is 1. The first-order valence-electron chi connectivity index (χ1n) is 49.3. The van der Waals surface area contributed by atoms with E-state index < -0.39 is 257 Å². The summed E-state index contributed by atoms with van der Waals surface area (Å²) < 4.78 is 28.3. The lowest BCUT2D eigenvalue weighted by atomic mass is 9.90. The van der Waals surface area contributed by atoms with Gasteiger partial charge in [0.25, 0.3) is 5.91 Å². The zero-order valence-corrected chi connectivity index (χ0v) is 85.2. The molecule has 0 bridgehead atoms. The number of primary amides is 1. The topological polar surface area (TPSA) is 650 Å². The van der Waals surface area contributed by atoms with E-state index in [9.17, 15) is 66.9 Å². The molecule has 145 heavy (non-hydrogen) atoms. The van der Waals surface area contributed by atoms with Crippen LogP contribution in [0.5, 0.6) is 5.75 Å². The van der Waals surface area contributed by atoms with E-state index in [1.54, 1.807) is 74.8 Å². The van der Waals surface area contributed by atoms with E-state index in [0.29, 0.717) is 82.6 Å². The summed E-state index contributed by atoms with van der Waals surface area (Å²) in [7, 11) is -0.185. The zero-order chi connectivity index (χ0) is 106. The number of aromatic hydroxyl groups is 1. The maximum absolute atomic E-state index is 16.3. The van der Waals surface area contributed by atoms with Gasteiger partial charge < -0.3 is 114 Å². The van der Waals surface area contributed by atoms with Crippen molar-refractivity contribution in [3.63, 3.8) is 0 Å². The second-order valence-corrected chi connectivity index (χ2v) is 40.9. The standard InChI is InChI=1S/C99H141N21O23S2/c1-10-12-28-78-93(135)109-71(41-57(3)4)91(133)113-76(89(131)105-51-83(102)124)55-144-56-85(126)106-73(42-59-32-34-64(121)35-33-59)95(137)115(6)58(5)87(129)111-75(48-86(127)128)98(140)119-40-22-31-79(119)94(136)110-72(43-60-36-39-103-49-60)92(134)108-70(27-19-21-38-101)97(139)120-53-65(122)47-81(120)82(123)46-61(44-62-50-104-68-25-16-14-23-66(62)68)88(130)107-69(26-18-20-37-100)90(132)112-74(96(138)117(8)80(29-13-11-2)99(141)116(78)7)45-63-52-118(54-84(125)114-145(9,142)143)77-30-17-15-24-67(63)77/h14-17,23-25,30,32-35,39,49-50,52,57-58,61,65,69-76,78-81,104,121-122H,10-13,18-22,26-29,31,36-38,40-48,51,53-56,100-101H2,1-9H3,(H2,102,124)(H,105,131)(H,106,126)(H,107,130)(H,108,134)(H,109,135)(H,110,136)(H,111,129)(H,112,132)(H,113,133)(H,114,125)(H,127,128)/t58-,61+,65+,69-,70-,71-,72-,73-,74-,75-,76-,78-,79-,80-,81-/m0/s1. The van der Waals surface area contributed by atoms with E-state index in [1.165, 1.54) is 69.3 Å². The number of unbranched alkanes of at least 4 members (excludes halogenated alkanes) is 4. The quantitative estimate of drug-likeness (QED) is 0.0254. The van der Waals surface area contributed by atoms with Gasteiger partial charge in [0.2, 0.25) is 98.6 Å². The Morgan fingerprint density at radius 3 is 1.84 bits per heavy atom. The molecule has 792 valence electrons. The van der Waals surface area contributed by atoms with Gasteiger partial charge in [0.15, 0.2) is 5.78 Å². The largest absolute Gasteiger partial charge is 0.508 e. The average Bonchev–Trinajstić information content (AvgIpc) is 1.58. The number of H-pyrrole nitrogens is 1. The SMILES string of the molecule is CCCC[C@H]1C(=O)N(C)[C@@H](CCCC)C(=O)N[C@@H](CC(C)C)C(=O)N[C@H](C(=O)NCC(N)=O)CSCC(=O)N[C@@H](Cc2ccc(O)cc2)C(=O)N(C)[C@@H](C)C(=O)N[C@@H](CC(=O)O)C(=O)N2CCC[C@H]2C(=O)N[C@@H](CC2=CN=CC2)C(=O)N[C@@H](CCCCN)C(=O)N2C[C@H](O)C[C@H]2C(=O)C[C@@H](Cc2c[nH]c3ccccc23)C(=O)N[C@@H](CCCCN)C(=O)N[C@@H](Cc2cn(CC(=O)NS(C)(=O)=O)c3ccccc23)C(=O)N1C. The number of carbonyl (C=O) groups is 18. The highest BCUT2D eigenvalue weighted by Crippen LogP contribution is 2.32. The number of para-hydroxylation sites is 2. The van der Waals surface area contributed by atoms with Crippen LogP contribution in [0.3, 0.4) is 0 Å². The molecular formula is C99H141N21O23S2. The molecule has 3 fully saturated rings. The molecule has 15 atom stereocenters. The summed E-state index contributed by atoms with van der Waals surface area (Å²) in [6.07, 6.45) is 5.00. The molecule has 44 nitrogen and oxygen atoms in total. The number of phenolic OH excluding ortho intramolecular Hbond substituents is 1. The molecule has 6 heterocycles. The van der Waals surface area contributed by atoms with Crippen LogP contribution in [-0.4, -0.2) is 327 Å². The van der Waals surface area contributed by atoms with Crippen molar-refractivity contribution in [1.82, 2.24) is 86.6 Å². The van der Waals surface area contributed by atoms with Crippen molar-refractivity contribution in [3.05, 3.63) is 114 Å². The number of nitrogens with two attached hydrogens (primary N) is 3. The van der Waals surface area contributed by atoms with Crippen molar-refractivity contribution in [2.75, 3.05) is 71.6 Å². The lowest BCUT2D eigenvalue weighted by molar-refractivity contribution is -0.149. The Labute approximate surface area is 846 Å². The molecule has 3 saturated heterocycles. The number of Topliss-reactive ketones (excluding diaryl/α,β-unsaturated/α-hetero) is 1. The average molecular weight is 2060 g/mol. The van der Waals surface area contributed by atoms with Gasteiger partial charge in [-0.05, 0) is 156 Å². The van der Waals surface area contributed by atoms with Crippen molar-refractivity contribution >= 4 is 156 Å². The Bertz CT molecular complexity index is 5650. The summed E-state index contributed by atoms with van der Waals surface area (Å²) in [5.41, 5.74) is 20.4. The van der Waals surface area contributed by atoms with Gasteiger partial charge in [-0.3, -0.25) is 96.0 Å². The molecule has 20 N–H and O–H groups in total. The number of nitrogens with zero attached hydrogens (tertiary/aromatic N) is 7. The molecule has 5 aromatic rings. The second kappa shape index (κ2) is 55.2. The van der Waals surface area contributed by atoms with Crippen LogP contribution in [-0.2, 0) is 122 Å². The molecule has 3 aromatic carbocycles. The van der Waals surface area contributed by atoms with E-state index in [1.807, 2.05) is 18.6 Å². The van der Waals surface area contributed by atoms with Crippen LogP contribution in [0.2, 0.25) is 0 Å². The number of aliphatic hydroxyl groups is 1. The van der Waals surface area contributed by atoms with Gasteiger partial charge in [0.1, 0.15) is 84.8 Å². The number of amides is 16. The predicted octanol–water partition coefficient (Wildman–Crippen LogP) is 0.0954. The minimum absolute atomic E-state index is 0.0180. The molecule has 16 amide bonds. The van der Waals surface area contributed by atoms with Crippen LogP contribution < -0.4 is 69.8 Å². The van der Waals surface area contributed by atoms with E-state index in [-0.39, 0.29) is 121 Å². The minimum Gasteiger partial charge on any atom is -0.508 e. The third-order valence-corrected chi connectivity index (χ3v) is 28.0. The number of fused-ring (bicyclic) bond motifs is 4. The predicted molar refractivity (Wildman–Crippen MR) is 539 cm³/mol. The maximum atomic E-state index is 16.3. The van der Waals surface area contributed by atoms with E-state index in [0.717, 1.165) is 42.5 Å². The van der Waals surface area contributed by atoms with Gasteiger partial charge in [-0.2, -0.15) is 0 Å². The van der Waals surface area contributed by atoms with Gasteiger partial charge in [-0.25, -0.2) is 8.42 Å². The van der Waals surface area contributed by atoms with Crippen molar-refractivity contribution in [2.45, 2.75) is 273 Å². The third-order valence-electron chi connectivity index (χ3n) is 26.3. The first-order chi connectivity index (χ1) is 68.9. The Morgan fingerprint density at radius 2 is 1.19 bits per heavy atom. The lowest BCUT2D eigenvalue weighted by Gasteiger charge is -2.36. The number of ketones is 1. The minimum atomic E-state index is -4.08. The molecule has 46 heteroatoms. The number of aromatic amines is 1. The molecule has 0 saturated carbocycles. The fraction of sp³-hybridized carbons (Fsp3) is 0.566. The molecule has 0 radical (unpaired) electrons. The number of hydrogen-bond donors (Lipinski definition) is 17.